The van der Waals surface area contributed by atoms with Crippen molar-refractivity contribution < 1.29 is 14.3 Å². The summed E-state index contributed by atoms with van der Waals surface area (Å²) in [6, 6.07) is 6.76. The van der Waals surface area contributed by atoms with Gasteiger partial charge >= 0.3 is 0 Å². The molecule has 1 amide bonds. The highest BCUT2D eigenvalue weighted by Crippen LogP contribution is 2.12. The average molecular weight is 239 g/mol. The Bertz CT molecular complexity index is 381. The summed E-state index contributed by atoms with van der Waals surface area (Å²) in [6.07, 6.45) is 1.80. The minimum absolute atomic E-state index is 0.325. The number of methoxy groups -OCH3 is 2. The van der Waals surface area contributed by atoms with Gasteiger partial charge in [0.05, 0.1) is 14.2 Å². The topological polar surface area (TPSA) is 47.9 Å². The maximum atomic E-state index is 11.7. The second-order valence-corrected chi connectivity index (χ2v) is 3.58. The van der Waals surface area contributed by atoms with Gasteiger partial charge in [0.1, 0.15) is 5.75 Å². The van der Waals surface area contributed by atoms with E-state index in [0.29, 0.717) is 16.5 Å². The molecule has 0 atom stereocenters. The van der Waals surface area contributed by atoms with Gasteiger partial charge in [0, 0.05) is 5.56 Å². The number of hydrogen-bond acceptors (Lipinski definition) is 4. The summed E-state index contributed by atoms with van der Waals surface area (Å²) >= 11 is 1.28. The van der Waals surface area contributed by atoms with Crippen molar-refractivity contribution >= 4 is 22.9 Å². The normalized spacial score (nSPS) is 11.1. The molecule has 0 aliphatic carbocycles. The monoisotopic (exact) mass is 239 g/mol. The maximum absolute atomic E-state index is 11.7. The molecule has 4 nitrogen and oxygen atoms in total. The highest BCUT2D eigenvalue weighted by molar-refractivity contribution is 8.13. The first-order chi connectivity index (χ1) is 7.71. The van der Waals surface area contributed by atoms with E-state index < -0.39 is 0 Å². The summed E-state index contributed by atoms with van der Waals surface area (Å²) in [7, 11) is 3.06. The van der Waals surface area contributed by atoms with Crippen molar-refractivity contribution in [3.63, 3.8) is 0 Å². The lowest BCUT2D eigenvalue weighted by molar-refractivity contribution is 0.100. The molecule has 1 aromatic carbocycles. The van der Waals surface area contributed by atoms with Crippen LogP contribution >= 0.6 is 11.8 Å². The second-order valence-electron chi connectivity index (χ2n) is 2.82. The van der Waals surface area contributed by atoms with Crippen molar-refractivity contribution in [1.82, 2.24) is 0 Å². The molecule has 0 bridgehead atoms. The number of thioether (sulfide) groups is 1. The summed E-state index contributed by atoms with van der Waals surface area (Å²) in [6.45, 7) is 0. The van der Waals surface area contributed by atoms with Gasteiger partial charge in [-0.05, 0) is 30.5 Å². The molecule has 0 aromatic heterocycles. The summed E-state index contributed by atoms with van der Waals surface area (Å²) in [5.41, 5.74) is 0.504. The number of carbonyl (C=O) groups is 1. The Morgan fingerprint density at radius 2 is 1.88 bits per heavy atom. The van der Waals surface area contributed by atoms with Crippen LogP contribution in [0.15, 0.2) is 29.3 Å². The number of hydrogen-bond donors (Lipinski definition) is 0. The lowest BCUT2D eigenvalue weighted by Gasteiger charge is -2.01. The van der Waals surface area contributed by atoms with E-state index >= 15 is 0 Å². The molecule has 0 aliphatic rings. The number of benzene rings is 1. The molecule has 0 unspecified atom stereocenters. The predicted octanol–water partition coefficient (Wildman–Crippen LogP) is 2.20. The van der Waals surface area contributed by atoms with E-state index in [9.17, 15) is 4.79 Å². The van der Waals surface area contributed by atoms with Crippen LogP contribution in [0.1, 0.15) is 10.4 Å². The van der Waals surface area contributed by atoms with Crippen molar-refractivity contribution in [3.8, 4) is 5.75 Å². The molecular weight excluding hydrogens is 226 g/mol. The molecule has 0 fully saturated rings. The zero-order valence-corrected chi connectivity index (χ0v) is 10.2. The number of amides is 1. The van der Waals surface area contributed by atoms with Gasteiger partial charge < -0.3 is 9.47 Å². The van der Waals surface area contributed by atoms with Gasteiger partial charge in [-0.1, -0.05) is 11.8 Å². The van der Waals surface area contributed by atoms with Gasteiger partial charge in [-0.25, -0.2) is 0 Å². The molecule has 0 spiro atoms. The molecule has 0 N–H and O–H groups in total. The molecule has 1 aromatic rings. The van der Waals surface area contributed by atoms with Crippen LogP contribution in [-0.2, 0) is 4.74 Å². The first-order valence-electron chi connectivity index (χ1n) is 4.56. The Morgan fingerprint density at radius 3 is 2.31 bits per heavy atom. The molecule has 86 valence electrons. The molecule has 5 heteroatoms. The molecule has 0 radical (unpaired) electrons. The Balaban J connectivity index is 2.84. The van der Waals surface area contributed by atoms with Crippen LogP contribution in [-0.4, -0.2) is 31.6 Å². The van der Waals surface area contributed by atoms with Crippen LogP contribution in [0.25, 0.3) is 0 Å². The molecule has 16 heavy (non-hydrogen) atoms. The molecule has 0 saturated heterocycles. The van der Waals surface area contributed by atoms with Crippen LogP contribution in [0.2, 0.25) is 0 Å². The lowest BCUT2D eigenvalue weighted by atomic mass is 10.2. The van der Waals surface area contributed by atoms with E-state index in [1.54, 1.807) is 37.6 Å². The fraction of sp³-hybridized carbons (Fsp3) is 0.273. The largest absolute Gasteiger partial charge is 0.497 e. The number of rotatable bonds is 2. The summed E-state index contributed by atoms with van der Waals surface area (Å²) in [5.74, 6) is 0.381. The Labute approximate surface area is 98.7 Å². The van der Waals surface area contributed by atoms with Crippen molar-refractivity contribution in [2.75, 3.05) is 20.5 Å². The fourth-order valence-corrected chi connectivity index (χ4v) is 1.40. The van der Waals surface area contributed by atoms with Crippen molar-refractivity contribution in [2.45, 2.75) is 0 Å². The van der Waals surface area contributed by atoms with Gasteiger partial charge in [-0.2, -0.15) is 4.99 Å². The molecule has 0 heterocycles. The third kappa shape index (κ3) is 3.27. The van der Waals surface area contributed by atoms with Gasteiger partial charge in [-0.3, -0.25) is 4.79 Å². The number of aliphatic imine (C=N–C) groups is 1. The smallest absolute Gasteiger partial charge is 0.280 e. The Morgan fingerprint density at radius 1 is 1.25 bits per heavy atom. The average Bonchev–Trinajstić information content (AvgIpc) is 2.35. The van der Waals surface area contributed by atoms with E-state index in [4.69, 9.17) is 9.47 Å². The van der Waals surface area contributed by atoms with Gasteiger partial charge in [-0.15, -0.1) is 0 Å². The van der Waals surface area contributed by atoms with Gasteiger partial charge in [0.25, 0.3) is 11.1 Å². The van der Waals surface area contributed by atoms with Crippen molar-refractivity contribution in [2.24, 2.45) is 4.99 Å². The quantitative estimate of drug-likeness (QED) is 0.586. The Kier molecular flexibility index (Phi) is 4.85. The summed E-state index contributed by atoms with van der Waals surface area (Å²) in [4.78, 5) is 15.5. The first-order valence-corrected chi connectivity index (χ1v) is 5.78. The lowest BCUT2D eigenvalue weighted by Crippen LogP contribution is -2.02. The minimum Gasteiger partial charge on any atom is -0.497 e. The molecule has 1 rings (SSSR count). The van der Waals surface area contributed by atoms with Gasteiger partial charge in [0.15, 0.2) is 0 Å². The predicted molar refractivity (Wildman–Crippen MR) is 65.3 cm³/mol. The van der Waals surface area contributed by atoms with Crippen molar-refractivity contribution in [1.29, 1.82) is 0 Å². The standard InChI is InChI=1S/C11H13NO3S/c1-14-9-6-4-8(5-7-9)10(13)12-11(15-2)16-3/h4-7H,1-3H3. The maximum Gasteiger partial charge on any atom is 0.280 e. The molecule has 0 saturated carbocycles. The highest BCUT2D eigenvalue weighted by atomic mass is 32.2. The van der Waals surface area contributed by atoms with Crippen LogP contribution in [0.5, 0.6) is 5.75 Å². The summed E-state index contributed by atoms with van der Waals surface area (Å²) in [5, 5.41) is 0.348. The zero-order chi connectivity index (χ0) is 12.0. The number of carbonyl (C=O) groups excluding carboxylic acids is 1. The fourth-order valence-electron chi connectivity index (χ4n) is 1.06. The minimum atomic E-state index is -0.325. The third-order valence-electron chi connectivity index (χ3n) is 1.88. The second kappa shape index (κ2) is 6.17. The van der Waals surface area contributed by atoms with Crippen LogP contribution in [0.3, 0.4) is 0 Å². The van der Waals surface area contributed by atoms with Crippen LogP contribution in [0.4, 0.5) is 0 Å². The van der Waals surface area contributed by atoms with E-state index in [2.05, 4.69) is 4.99 Å². The van der Waals surface area contributed by atoms with E-state index in [1.807, 2.05) is 0 Å². The first kappa shape index (κ1) is 12.6. The number of nitrogens with zero attached hydrogens (tertiary/aromatic N) is 1. The number of ether oxygens (including phenoxy) is 2. The van der Waals surface area contributed by atoms with Gasteiger partial charge in [0.2, 0.25) is 0 Å². The third-order valence-corrected chi connectivity index (χ3v) is 2.49. The van der Waals surface area contributed by atoms with E-state index in [0.717, 1.165) is 0 Å². The SMILES string of the molecule is COC(=NC(=O)c1ccc(OC)cc1)SC. The van der Waals surface area contributed by atoms with Crippen LogP contribution < -0.4 is 4.74 Å². The van der Waals surface area contributed by atoms with Crippen molar-refractivity contribution in [3.05, 3.63) is 29.8 Å². The molecule has 0 aliphatic heterocycles. The van der Waals surface area contributed by atoms with E-state index in [-0.39, 0.29) is 5.91 Å². The van der Waals surface area contributed by atoms with Crippen LogP contribution in [0, 0.1) is 0 Å². The van der Waals surface area contributed by atoms with E-state index in [1.165, 1.54) is 18.9 Å². The highest BCUT2D eigenvalue weighted by Gasteiger charge is 2.06. The Hall–Kier alpha value is -1.49. The zero-order valence-electron chi connectivity index (χ0n) is 9.39. The molecular formula is C11H13NO3S. The summed E-state index contributed by atoms with van der Waals surface area (Å²) < 4.78 is 9.90.